The van der Waals surface area contributed by atoms with Crippen LogP contribution < -0.4 is 24.8 Å². The highest BCUT2D eigenvalue weighted by Crippen LogP contribution is 2.48. The van der Waals surface area contributed by atoms with Gasteiger partial charge >= 0.3 is 6.09 Å². The van der Waals surface area contributed by atoms with E-state index in [1.807, 2.05) is 44.2 Å². The molecule has 5 aliphatic rings. The van der Waals surface area contributed by atoms with Gasteiger partial charge in [0.15, 0.2) is 5.60 Å². The van der Waals surface area contributed by atoms with Gasteiger partial charge in [-0.05, 0) is 83.1 Å². The predicted octanol–water partition coefficient (Wildman–Crippen LogP) is 5.66. The number of aromatic nitrogens is 1. The molecule has 334 valence electrons. The van der Waals surface area contributed by atoms with E-state index in [1.165, 1.54) is 4.90 Å². The number of nitrogens with one attached hydrogen (secondary N) is 3. The Bertz CT molecular complexity index is 2200. The van der Waals surface area contributed by atoms with E-state index in [4.69, 9.17) is 19.2 Å². The lowest BCUT2D eigenvalue weighted by Gasteiger charge is -2.35. The fraction of sp³-hybridized carbons (Fsp3) is 0.651. The summed E-state index contributed by atoms with van der Waals surface area (Å²) in [4.78, 5) is 63.3. The summed E-state index contributed by atoms with van der Waals surface area (Å²) in [7, 11) is -4.44. The quantitative estimate of drug-likeness (QED) is 0.252. The van der Waals surface area contributed by atoms with Gasteiger partial charge in [0.05, 0.1) is 18.8 Å². The number of carbonyl (C=O) groups excluding carboxylic acids is 4. The molecule has 3 N–H and O–H groups in total. The van der Waals surface area contributed by atoms with Crippen molar-refractivity contribution in [3.63, 3.8) is 0 Å². The maximum Gasteiger partial charge on any atom is 0.408 e. The van der Waals surface area contributed by atoms with Crippen molar-refractivity contribution in [2.45, 2.75) is 139 Å². The molecule has 2 saturated carbocycles. The second-order valence-electron chi connectivity index (χ2n) is 18.1. The third-order valence-electron chi connectivity index (χ3n) is 13.3. The number of ether oxygens (including phenoxy) is 3. The van der Waals surface area contributed by atoms with Crippen LogP contribution in [0.4, 0.5) is 18.0 Å². The van der Waals surface area contributed by atoms with Gasteiger partial charge in [-0.15, -0.1) is 0 Å². The van der Waals surface area contributed by atoms with Crippen molar-refractivity contribution in [1.29, 1.82) is 0 Å². The van der Waals surface area contributed by atoms with E-state index in [0.717, 1.165) is 25.7 Å². The van der Waals surface area contributed by atoms with Crippen LogP contribution in [0.15, 0.2) is 36.4 Å². The summed E-state index contributed by atoms with van der Waals surface area (Å²) in [6.45, 7) is 5.78. The van der Waals surface area contributed by atoms with Crippen LogP contribution in [0.1, 0.15) is 98.1 Å². The van der Waals surface area contributed by atoms with Crippen LogP contribution in [-0.2, 0) is 35.6 Å². The minimum absolute atomic E-state index is 0.00495. The number of allylic oxidation sites excluding steroid dienone is 1. The second kappa shape index (κ2) is 16.6. The Hall–Kier alpha value is -4.61. The second-order valence-corrected chi connectivity index (χ2v) is 20.2. The zero-order chi connectivity index (χ0) is 44.1. The van der Waals surface area contributed by atoms with Crippen molar-refractivity contribution in [3.05, 3.63) is 42.1 Å². The molecule has 14 nitrogen and oxygen atoms in total. The normalized spacial score (nSPS) is 29.6. The summed E-state index contributed by atoms with van der Waals surface area (Å²) in [5, 5.41) is 6.82. The van der Waals surface area contributed by atoms with E-state index in [9.17, 15) is 36.0 Å². The largest absolute Gasteiger partial charge is 0.491 e. The Morgan fingerprint density at radius 2 is 1.84 bits per heavy atom. The number of amides is 4. The Kier molecular flexibility index (Phi) is 12.1. The highest BCUT2D eigenvalue weighted by Gasteiger charge is 2.64. The smallest absolute Gasteiger partial charge is 0.408 e. The number of pyridine rings is 1. The zero-order valence-electron chi connectivity index (χ0n) is 35.2. The van der Waals surface area contributed by atoms with Gasteiger partial charge in [-0.1, -0.05) is 50.6 Å². The molecule has 7 rings (SSSR count). The first-order chi connectivity index (χ1) is 28.7. The third kappa shape index (κ3) is 8.74. The molecule has 1 unspecified atom stereocenters. The molecule has 4 amide bonds. The molecule has 7 atom stereocenters. The number of alkyl carbamates (subject to hydrolysis) is 1. The summed E-state index contributed by atoms with van der Waals surface area (Å²) >= 11 is 0. The van der Waals surface area contributed by atoms with Crippen LogP contribution in [0.2, 0.25) is 0 Å². The van der Waals surface area contributed by atoms with Crippen molar-refractivity contribution >= 4 is 44.6 Å². The lowest BCUT2D eigenvalue weighted by atomic mass is 9.85. The molecule has 0 radical (unpaired) electrons. The fourth-order valence-corrected chi connectivity index (χ4v) is 10.1. The first-order valence-electron chi connectivity index (χ1n) is 21.2. The van der Waals surface area contributed by atoms with E-state index in [2.05, 4.69) is 15.4 Å². The van der Waals surface area contributed by atoms with E-state index in [0.29, 0.717) is 62.5 Å². The number of hydrogen-bond donors (Lipinski definition) is 3. The van der Waals surface area contributed by atoms with Crippen molar-refractivity contribution in [1.82, 2.24) is 25.2 Å². The van der Waals surface area contributed by atoms with Gasteiger partial charge in [0.1, 0.15) is 40.9 Å². The van der Waals surface area contributed by atoms with Gasteiger partial charge in [-0.2, -0.15) is 0 Å². The minimum Gasteiger partial charge on any atom is -0.491 e. The van der Waals surface area contributed by atoms with Crippen LogP contribution in [0, 0.1) is 17.8 Å². The first-order valence-corrected chi connectivity index (χ1v) is 22.7. The number of hydrogen-bond acceptors (Lipinski definition) is 10. The van der Waals surface area contributed by atoms with Gasteiger partial charge in [-0.25, -0.2) is 31.4 Å². The number of benzene rings is 1. The standard InChI is InChI=1S/C43H56F3N5O9S/c1-6-26-20-25(2)12-7-8-13-27-22-43(27,38(54)50-61(56,57)42(24-44)17-18-42)49-35(52)32-21-28(23-51(32)37(53)33(26)48-39(55)60-40(3,4)41(5,45)46)59-36-30-15-10-9-14-29(30)34-31(47-36)16-11-19-58-34/h8-10,13-15,25-28,32-33H,6-7,11-12,16-24H2,1-5H3,(H,48,55)(H,49,52)(H,50,54)/b13-8-/t25-,26-,27-,28-,32+,33?,43-/m1/s1. The van der Waals surface area contributed by atoms with Gasteiger partial charge < -0.3 is 29.7 Å². The van der Waals surface area contributed by atoms with Crippen molar-refractivity contribution in [2.75, 3.05) is 19.8 Å². The molecule has 0 bridgehead atoms. The molecular weight excluding hydrogens is 820 g/mol. The summed E-state index contributed by atoms with van der Waals surface area (Å²) in [6, 6.07) is 4.77. The van der Waals surface area contributed by atoms with Crippen molar-refractivity contribution < 1.29 is 55.0 Å². The molecule has 1 aromatic carbocycles. The minimum atomic E-state index is -4.44. The van der Waals surface area contributed by atoms with Crippen LogP contribution in [0.3, 0.4) is 0 Å². The number of carbonyl (C=O) groups is 4. The van der Waals surface area contributed by atoms with E-state index in [1.54, 1.807) is 6.08 Å². The Labute approximate surface area is 354 Å². The lowest BCUT2D eigenvalue weighted by molar-refractivity contribution is -0.152. The number of fused-ring (bicyclic) bond motifs is 5. The zero-order valence-corrected chi connectivity index (χ0v) is 36.0. The Morgan fingerprint density at radius 3 is 2.51 bits per heavy atom. The van der Waals surface area contributed by atoms with Crippen LogP contribution >= 0.6 is 0 Å². The monoisotopic (exact) mass is 875 g/mol. The van der Waals surface area contributed by atoms with Gasteiger partial charge in [0.25, 0.3) is 11.8 Å². The number of nitrogens with zero attached hydrogens (tertiary/aromatic N) is 2. The van der Waals surface area contributed by atoms with Crippen LogP contribution in [0.25, 0.3) is 10.8 Å². The number of rotatable bonds is 10. The number of halogens is 3. The molecule has 1 saturated heterocycles. The summed E-state index contributed by atoms with van der Waals surface area (Å²) in [5.74, 6) is -6.13. The molecule has 0 spiro atoms. The Balaban J connectivity index is 1.25. The van der Waals surface area contributed by atoms with Crippen LogP contribution in [-0.4, -0.2) is 102 Å². The van der Waals surface area contributed by atoms with Gasteiger partial charge in [0.2, 0.25) is 27.7 Å². The molecule has 3 aliphatic heterocycles. The van der Waals surface area contributed by atoms with E-state index < -0.39 is 92.3 Å². The highest BCUT2D eigenvalue weighted by atomic mass is 32.2. The van der Waals surface area contributed by atoms with E-state index >= 15 is 4.79 Å². The summed E-state index contributed by atoms with van der Waals surface area (Å²) in [6.07, 6.45) is 4.99. The number of alkyl halides is 3. The average molecular weight is 876 g/mol. The van der Waals surface area contributed by atoms with Gasteiger partial charge in [-0.3, -0.25) is 19.1 Å². The predicted molar refractivity (Wildman–Crippen MR) is 218 cm³/mol. The molecule has 2 aliphatic carbocycles. The maximum atomic E-state index is 15.1. The SMILES string of the molecule is CC[C@@H]1C[C@H](C)CC/C=C\[C@@H]2C[C@@]2(C(=O)NS(=O)(=O)C2(CF)CC2)NC(=O)[C@@H]2C[C@@H](Oc3nc4c(c5ccccc35)OCCC4)CN2C(=O)C1NC(=O)OC(C)(C)C(C)(F)F. The highest BCUT2D eigenvalue weighted by molar-refractivity contribution is 7.91. The molecule has 18 heteroatoms. The molecule has 3 fully saturated rings. The lowest BCUT2D eigenvalue weighted by Crippen LogP contribution is -2.60. The van der Waals surface area contributed by atoms with E-state index in [-0.39, 0.29) is 44.0 Å². The molecule has 2 aromatic rings. The molecular formula is C43H56F3N5O9S. The maximum absolute atomic E-state index is 15.1. The van der Waals surface area contributed by atoms with Gasteiger partial charge in [0, 0.05) is 30.0 Å². The third-order valence-corrected chi connectivity index (χ3v) is 15.4. The van der Waals surface area contributed by atoms with Crippen LogP contribution in [0.5, 0.6) is 11.6 Å². The topological polar surface area (TPSA) is 182 Å². The van der Waals surface area contributed by atoms with Crippen molar-refractivity contribution in [3.8, 4) is 11.6 Å². The average Bonchev–Trinajstić information content (AvgIpc) is 4.11. The Morgan fingerprint density at radius 1 is 1.11 bits per heavy atom. The summed E-state index contributed by atoms with van der Waals surface area (Å²) in [5.41, 5.74) is -3.27. The molecule has 4 heterocycles. The molecule has 1 aromatic heterocycles. The fourth-order valence-electron chi connectivity index (χ4n) is 8.70. The van der Waals surface area contributed by atoms with Crippen molar-refractivity contribution in [2.24, 2.45) is 17.8 Å². The summed E-state index contributed by atoms with van der Waals surface area (Å²) < 4.78 is 87.6. The molecule has 61 heavy (non-hydrogen) atoms. The number of sulfonamides is 1. The first kappa shape index (κ1) is 44.4. The number of aryl methyl sites for hydroxylation is 1.